The third-order valence-electron chi connectivity index (χ3n) is 7.15. The van der Waals surface area contributed by atoms with Gasteiger partial charge in [-0.2, -0.15) is 0 Å². The van der Waals surface area contributed by atoms with E-state index in [9.17, 15) is 5.26 Å². The maximum absolute atomic E-state index is 9.76. The molecule has 0 saturated carbocycles. The van der Waals surface area contributed by atoms with E-state index in [4.69, 9.17) is 16.3 Å². The van der Waals surface area contributed by atoms with Crippen LogP contribution in [0.1, 0.15) is 42.5 Å². The maximum atomic E-state index is 9.76. The van der Waals surface area contributed by atoms with E-state index in [1.54, 1.807) is 11.3 Å². The van der Waals surface area contributed by atoms with Crippen molar-refractivity contribution in [3.05, 3.63) is 117 Å². The molecule has 1 saturated heterocycles. The van der Waals surface area contributed by atoms with E-state index in [0.717, 1.165) is 76.1 Å². The van der Waals surface area contributed by atoms with Crippen molar-refractivity contribution in [1.82, 2.24) is 4.98 Å². The van der Waals surface area contributed by atoms with Crippen LogP contribution in [0.4, 0.5) is 5.13 Å². The number of rotatable bonds is 4. The van der Waals surface area contributed by atoms with Crippen molar-refractivity contribution in [2.24, 2.45) is 0 Å². The largest absolute Gasteiger partial charge is 0.456 e. The number of ether oxygens (including phenoxy) is 1. The number of hydrogen-bond acceptors (Lipinski definition) is 5. The number of nitriles is 1. The maximum Gasteiger partial charge on any atom is 0.269 e. The normalized spacial score (nSPS) is 19.4. The molecule has 38 heavy (non-hydrogen) atoms. The molecule has 6 heteroatoms. The van der Waals surface area contributed by atoms with Gasteiger partial charge in [0.05, 0.1) is 23.2 Å². The number of allylic oxidation sites excluding steroid dienone is 5. The van der Waals surface area contributed by atoms with Crippen LogP contribution >= 0.6 is 11.3 Å². The predicted octanol–water partition coefficient (Wildman–Crippen LogP) is 8.00. The molecular formula is C32H26N4OS. The lowest BCUT2D eigenvalue weighted by Gasteiger charge is -2.29. The summed E-state index contributed by atoms with van der Waals surface area (Å²) in [5.74, 6) is 1.44. The third-order valence-corrected chi connectivity index (χ3v) is 8.22. The summed E-state index contributed by atoms with van der Waals surface area (Å²) >= 11 is 1.73. The average molecular weight is 515 g/mol. The van der Waals surface area contributed by atoms with Crippen molar-refractivity contribution in [2.45, 2.75) is 32.1 Å². The van der Waals surface area contributed by atoms with Gasteiger partial charge in [-0.05, 0) is 55.4 Å². The first kappa shape index (κ1) is 24.0. The van der Waals surface area contributed by atoms with Crippen LogP contribution in [0, 0.1) is 17.9 Å². The monoisotopic (exact) mass is 514 g/mol. The molecule has 0 bridgehead atoms. The molecule has 5 nitrogen and oxygen atoms in total. The van der Waals surface area contributed by atoms with Gasteiger partial charge < -0.3 is 9.64 Å². The molecule has 2 aliphatic heterocycles. The zero-order valence-corrected chi connectivity index (χ0v) is 21.8. The van der Waals surface area contributed by atoms with Crippen molar-refractivity contribution < 1.29 is 4.74 Å². The summed E-state index contributed by atoms with van der Waals surface area (Å²) in [5.41, 5.74) is 5.82. The second-order valence-corrected chi connectivity index (χ2v) is 10.6. The van der Waals surface area contributed by atoms with Crippen LogP contribution in [0.25, 0.3) is 27.9 Å². The molecular weight excluding hydrogens is 488 g/mol. The molecule has 0 spiro atoms. The molecule has 0 atom stereocenters. The van der Waals surface area contributed by atoms with Crippen molar-refractivity contribution in [2.75, 3.05) is 18.0 Å². The Morgan fingerprint density at radius 2 is 1.71 bits per heavy atom. The van der Waals surface area contributed by atoms with Crippen molar-refractivity contribution in [1.29, 1.82) is 5.26 Å². The Morgan fingerprint density at radius 1 is 1.00 bits per heavy atom. The van der Waals surface area contributed by atoms with Crippen LogP contribution in [0.2, 0.25) is 0 Å². The van der Waals surface area contributed by atoms with Crippen LogP contribution in [0.5, 0.6) is 0 Å². The zero-order chi connectivity index (χ0) is 25.9. The molecule has 0 radical (unpaired) electrons. The molecule has 1 aliphatic carbocycles. The van der Waals surface area contributed by atoms with E-state index in [0.29, 0.717) is 11.3 Å². The van der Waals surface area contributed by atoms with Crippen molar-refractivity contribution >= 4 is 28.3 Å². The predicted molar refractivity (Wildman–Crippen MR) is 153 cm³/mol. The Kier molecular flexibility index (Phi) is 6.65. The van der Waals surface area contributed by atoms with Gasteiger partial charge in [0.2, 0.25) is 0 Å². The molecule has 3 aromatic rings. The summed E-state index contributed by atoms with van der Waals surface area (Å²) in [7, 11) is 0. The van der Waals surface area contributed by atoms with Gasteiger partial charge in [0.15, 0.2) is 5.13 Å². The Labute approximate surface area is 227 Å². The van der Waals surface area contributed by atoms with E-state index >= 15 is 0 Å². The summed E-state index contributed by atoms with van der Waals surface area (Å²) in [6.45, 7) is 9.73. The lowest BCUT2D eigenvalue weighted by atomic mass is 9.85. The minimum absolute atomic E-state index is 0.106. The first-order valence-corrected chi connectivity index (χ1v) is 13.8. The molecule has 3 aliphatic rings. The van der Waals surface area contributed by atoms with Gasteiger partial charge in [-0.3, -0.25) is 0 Å². The van der Waals surface area contributed by atoms with E-state index < -0.39 is 0 Å². The summed E-state index contributed by atoms with van der Waals surface area (Å²) < 4.78 is 6.58. The number of thiazole rings is 1. The number of aromatic nitrogens is 1. The summed E-state index contributed by atoms with van der Waals surface area (Å²) in [6, 6.07) is 22.3. The Morgan fingerprint density at radius 3 is 2.39 bits per heavy atom. The number of nitrogens with zero attached hydrogens (tertiary/aromatic N) is 4. The van der Waals surface area contributed by atoms with E-state index in [2.05, 4.69) is 34.0 Å². The van der Waals surface area contributed by atoms with Gasteiger partial charge in [-0.1, -0.05) is 72.0 Å². The van der Waals surface area contributed by atoms with E-state index in [1.165, 1.54) is 12.8 Å². The molecule has 1 aromatic heterocycles. The molecule has 0 amide bonds. The Balaban J connectivity index is 1.49. The molecule has 0 unspecified atom stereocenters. The number of benzene rings is 2. The minimum Gasteiger partial charge on any atom is -0.456 e. The third kappa shape index (κ3) is 4.56. The summed E-state index contributed by atoms with van der Waals surface area (Å²) in [4.78, 5) is 12.2. The van der Waals surface area contributed by atoms with Gasteiger partial charge in [-0.15, -0.1) is 0 Å². The first-order valence-electron chi connectivity index (χ1n) is 13.0. The average Bonchev–Trinajstić information content (AvgIpc) is 3.65. The Hall–Kier alpha value is -4.39. The minimum atomic E-state index is 0.106. The fraction of sp³-hybridized carbons (Fsp3) is 0.219. The fourth-order valence-electron chi connectivity index (χ4n) is 5.28. The number of anilines is 1. The summed E-state index contributed by atoms with van der Waals surface area (Å²) in [5, 5.41) is 10.8. The van der Waals surface area contributed by atoms with E-state index in [-0.39, 0.29) is 5.70 Å². The topological polar surface area (TPSA) is 53.5 Å². The smallest absolute Gasteiger partial charge is 0.269 e. The van der Waals surface area contributed by atoms with Crippen molar-refractivity contribution in [3.63, 3.8) is 0 Å². The van der Waals surface area contributed by atoms with Gasteiger partial charge in [0, 0.05) is 29.8 Å². The first-order chi connectivity index (χ1) is 18.7. The fourth-order valence-corrected chi connectivity index (χ4v) is 6.39. The molecule has 1 fully saturated rings. The molecule has 0 N–H and O–H groups in total. The van der Waals surface area contributed by atoms with Crippen LogP contribution in [-0.4, -0.2) is 18.1 Å². The summed E-state index contributed by atoms with van der Waals surface area (Å²) in [6.07, 6.45) is 9.05. The lowest BCUT2D eigenvalue weighted by molar-refractivity contribution is 0.369. The second-order valence-electron chi connectivity index (χ2n) is 9.56. The highest BCUT2D eigenvalue weighted by molar-refractivity contribution is 7.17. The van der Waals surface area contributed by atoms with Crippen LogP contribution in [-0.2, 0) is 4.74 Å². The van der Waals surface area contributed by atoms with Crippen LogP contribution in [0.15, 0.2) is 94.9 Å². The zero-order valence-electron chi connectivity index (χ0n) is 21.0. The quantitative estimate of drug-likeness (QED) is 0.261. The highest BCUT2D eigenvalue weighted by Gasteiger charge is 2.29. The Bertz CT molecular complexity index is 1560. The van der Waals surface area contributed by atoms with Gasteiger partial charge in [0.25, 0.3) is 5.70 Å². The highest BCUT2D eigenvalue weighted by atomic mass is 32.1. The van der Waals surface area contributed by atoms with Gasteiger partial charge in [-0.25, -0.2) is 15.1 Å². The van der Waals surface area contributed by atoms with Gasteiger partial charge in [0.1, 0.15) is 11.5 Å². The standard InChI is InChI=1S/C32H26N4OS/c1-34-27(21-33)26-20-28(22-11-4-2-5-12-22)37-31-24(15-10-16-25(26)31)19-29-30(23-13-6-3-7-14-23)35-32(38-29)36-17-8-9-18-36/h2-7,11-14,19-20H,8-10,15-18H2. The van der Waals surface area contributed by atoms with E-state index in [1.807, 2.05) is 54.6 Å². The molecule has 2 aromatic carbocycles. The van der Waals surface area contributed by atoms with Crippen LogP contribution in [0.3, 0.4) is 0 Å². The molecule has 186 valence electrons. The molecule has 3 heterocycles. The van der Waals surface area contributed by atoms with Crippen molar-refractivity contribution in [3.8, 4) is 17.3 Å². The number of hydrogen-bond donors (Lipinski definition) is 0. The molecule has 6 rings (SSSR count). The second kappa shape index (κ2) is 10.5. The van der Waals surface area contributed by atoms with Gasteiger partial charge >= 0.3 is 0 Å². The highest BCUT2D eigenvalue weighted by Crippen LogP contribution is 2.45. The SMILES string of the molecule is [C-]#[N+]C(C#N)=C1C=C(c2ccccc2)OC2=C1CCCC2=Cc1sc(N2CCCC2)nc1-c1ccccc1. The lowest BCUT2D eigenvalue weighted by Crippen LogP contribution is -2.17. The van der Waals surface area contributed by atoms with Crippen LogP contribution < -0.4 is 4.90 Å².